The molecule has 80 valence electrons. The number of imidazole rings is 1. The van der Waals surface area contributed by atoms with Crippen molar-refractivity contribution in [3.63, 3.8) is 0 Å². The first-order valence-corrected chi connectivity index (χ1v) is 5.73. The van der Waals surface area contributed by atoms with Gasteiger partial charge in [0.25, 0.3) is 0 Å². The van der Waals surface area contributed by atoms with E-state index in [1.165, 1.54) is 0 Å². The van der Waals surface area contributed by atoms with Crippen LogP contribution in [0.3, 0.4) is 0 Å². The molecule has 0 fully saturated rings. The Balaban J connectivity index is 2.28. The van der Waals surface area contributed by atoms with Crippen molar-refractivity contribution < 1.29 is 4.42 Å². The first-order chi connectivity index (χ1) is 7.75. The van der Waals surface area contributed by atoms with Gasteiger partial charge in [-0.25, -0.2) is 4.98 Å². The summed E-state index contributed by atoms with van der Waals surface area (Å²) in [6, 6.07) is 7.75. The van der Waals surface area contributed by atoms with Gasteiger partial charge in [0.2, 0.25) is 0 Å². The van der Waals surface area contributed by atoms with Gasteiger partial charge in [-0.3, -0.25) is 0 Å². The van der Waals surface area contributed by atoms with Gasteiger partial charge >= 0.3 is 0 Å². The lowest BCUT2D eigenvalue weighted by Gasteiger charge is -2.00. The largest absolute Gasteiger partial charge is 0.463 e. The van der Waals surface area contributed by atoms with Crippen LogP contribution in [0.15, 0.2) is 45.6 Å². The summed E-state index contributed by atoms with van der Waals surface area (Å²) in [4.78, 5) is 4.51. The second-order valence-corrected chi connectivity index (χ2v) is 4.45. The highest BCUT2D eigenvalue weighted by Gasteiger charge is 2.08. The van der Waals surface area contributed by atoms with Gasteiger partial charge in [-0.1, -0.05) is 0 Å². The van der Waals surface area contributed by atoms with E-state index >= 15 is 0 Å². The summed E-state index contributed by atoms with van der Waals surface area (Å²) in [6.45, 7) is 2.05. The fraction of sp³-hybridized carbons (Fsp3) is 0.0833. The van der Waals surface area contributed by atoms with Crippen molar-refractivity contribution in [2.75, 3.05) is 0 Å². The topological polar surface area (TPSA) is 30.4 Å². The van der Waals surface area contributed by atoms with E-state index in [0.717, 1.165) is 27.3 Å². The maximum absolute atomic E-state index is 5.33. The van der Waals surface area contributed by atoms with Crippen molar-refractivity contribution in [3.8, 4) is 11.5 Å². The average Bonchev–Trinajstić information content (AvgIpc) is 2.91. The molecule has 3 aromatic heterocycles. The number of fused-ring (bicyclic) bond motifs is 1. The van der Waals surface area contributed by atoms with Gasteiger partial charge < -0.3 is 8.82 Å². The van der Waals surface area contributed by atoms with Crippen LogP contribution < -0.4 is 0 Å². The highest BCUT2D eigenvalue weighted by atomic mass is 79.9. The molecule has 4 heteroatoms. The first-order valence-electron chi connectivity index (χ1n) is 4.94. The maximum Gasteiger partial charge on any atom is 0.153 e. The molecule has 0 bridgehead atoms. The van der Waals surface area contributed by atoms with Gasteiger partial charge in [-0.05, 0) is 47.1 Å². The third kappa shape index (κ3) is 1.38. The molecule has 0 N–H and O–H groups in total. The van der Waals surface area contributed by atoms with Crippen LogP contribution in [0.25, 0.3) is 17.1 Å². The van der Waals surface area contributed by atoms with Gasteiger partial charge in [0.05, 0.1) is 6.26 Å². The summed E-state index contributed by atoms with van der Waals surface area (Å²) in [5.41, 5.74) is 2.90. The summed E-state index contributed by atoms with van der Waals surface area (Å²) in [5, 5.41) is 0. The van der Waals surface area contributed by atoms with Gasteiger partial charge in [0.15, 0.2) is 5.76 Å². The number of aryl methyl sites for hydroxylation is 1. The zero-order chi connectivity index (χ0) is 11.1. The molecule has 0 aliphatic rings. The molecule has 0 spiro atoms. The molecule has 3 rings (SSSR count). The molecule has 0 saturated carbocycles. The van der Waals surface area contributed by atoms with E-state index in [9.17, 15) is 0 Å². The standard InChI is InChI=1S/C12H9BrN2O/c1-8-9(13)4-5-12-14-10(7-15(8)12)11-3-2-6-16-11/h2-7H,1H3. The van der Waals surface area contributed by atoms with E-state index in [0.29, 0.717) is 0 Å². The lowest BCUT2D eigenvalue weighted by Crippen LogP contribution is -1.89. The van der Waals surface area contributed by atoms with E-state index in [4.69, 9.17) is 4.42 Å². The Morgan fingerprint density at radius 1 is 1.31 bits per heavy atom. The smallest absolute Gasteiger partial charge is 0.153 e. The number of rotatable bonds is 1. The Morgan fingerprint density at radius 2 is 2.19 bits per heavy atom. The average molecular weight is 277 g/mol. The fourth-order valence-corrected chi connectivity index (χ4v) is 2.03. The number of aromatic nitrogens is 2. The summed E-state index contributed by atoms with van der Waals surface area (Å²) in [7, 11) is 0. The van der Waals surface area contributed by atoms with Crippen LogP contribution in [0.5, 0.6) is 0 Å². The van der Waals surface area contributed by atoms with Crippen LogP contribution in [-0.2, 0) is 0 Å². The molecule has 0 radical (unpaired) electrons. The number of nitrogens with zero attached hydrogens (tertiary/aromatic N) is 2. The SMILES string of the molecule is Cc1c(Br)ccc2nc(-c3ccco3)cn12. The van der Waals surface area contributed by atoms with Gasteiger partial charge in [0, 0.05) is 16.4 Å². The normalized spacial score (nSPS) is 11.1. The zero-order valence-corrected chi connectivity index (χ0v) is 10.2. The zero-order valence-electron chi connectivity index (χ0n) is 8.64. The van der Waals surface area contributed by atoms with Gasteiger partial charge in [0.1, 0.15) is 11.3 Å². The van der Waals surface area contributed by atoms with Gasteiger partial charge in [-0.2, -0.15) is 0 Å². The quantitative estimate of drug-likeness (QED) is 0.679. The van der Waals surface area contributed by atoms with Crippen molar-refractivity contribution in [2.45, 2.75) is 6.92 Å². The van der Waals surface area contributed by atoms with Gasteiger partial charge in [-0.15, -0.1) is 0 Å². The maximum atomic E-state index is 5.33. The van der Waals surface area contributed by atoms with Crippen molar-refractivity contribution in [1.82, 2.24) is 9.38 Å². The van der Waals surface area contributed by atoms with Crippen LogP contribution in [0.1, 0.15) is 5.69 Å². The molecule has 0 aliphatic carbocycles. The number of halogens is 1. The minimum Gasteiger partial charge on any atom is -0.463 e. The molecule has 0 unspecified atom stereocenters. The minimum atomic E-state index is 0.791. The third-order valence-electron chi connectivity index (χ3n) is 2.59. The molecule has 3 aromatic rings. The van der Waals surface area contributed by atoms with E-state index in [2.05, 4.69) is 20.9 Å². The number of furan rings is 1. The second-order valence-electron chi connectivity index (χ2n) is 3.60. The molecule has 3 nitrogen and oxygen atoms in total. The Bertz CT molecular complexity index is 640. The van der Waals surface area contributed by atoms with Crippen molar-refractivity contribution in [2.24, 2.45) is 0 Å². The van der Waals surface area contributed by atoms with Crippen LogP contribution in [0, 0.1) is 6.92 Å². The molecule has 0 atom stereocenters. The van der Waals surface area contributed by atoms with Crippen LogP contribution in [0.4, 0.5) is 0 Å². The highest BCUT2D eigenvalue weighted by molar-refractivity contribution is 9.10. The molecule has 0 aliphatic heterocycles. The lowest BCUT2D eigenvalue weighted by atomic mass is 10.3. The summed E-state index contributed by atoms with van der Waals surface area (Å²) in [5.74, 6) is 0.791. The van der Waals surface area contributed by atoms with E-state index < -0.39 is 0 Å². The fourth-order valence-electron chi connectivity index (χ4n) is 1.71. The van der Waals surface area contributed by atoms with Crippen molar-refractivity contribution >= 4 is 21.6 Å². The third-order valence-corrected chi connectivity index (χ3v) is 3.43. The molecule has 0 aromatic carbocycles. The molecular formula is C12H9BrN2O. The highest BCUT2D eigenvalue weighted by Crippen LogP contribution is 2.23. The Hall–Kier alpha value is -1.55. The van der Waals surface area contributed by atoms with Crippen molar-refractivity contribution in [3.05, 3.63) is 46.9 Å². The van der Waals surface area contributed by atoms with E-state index in [1.54, 1.807) is 6.26 Å². The summed E-state index contributed by atoms with van der Waals surface area (Å²) >= 11 is 3.50. The number of pyridine rings is 1. The molecular weight excluding hydrogens is 268 g/mol. The first kappa shape index (κ1) is 9.66. The molecule has 0 saturated heterocycles. The Morgan fingerprint density at radius 3 is 2.94 bits per heavy atom. The van der Waals surface area contributed by atoms with E-state index in [-0.39, 0.29) is 0 Å². The van der Waals surface area contributed by atoms with Crippen LogP contribution in [-0.4, -0.2) is 9.38 Å². The van der Waals surface area contributed by atoms with E-state index in [1.807, 2.05) is 41.8 Å². The lowest BCUT2D eigenvalue weighted by molar-refractivity contribution is 0.580. The predicted octanol–water partition coefficient (Wildman–Crippen LogP) is 3.67. The number of hydrogen-bond acceptors (Lipinski definition) is 2. The summed E-state index contributed by atoms with van der Waals surface area (Å²) < 4.78 is 8.45. The second kappa shape index (κ2) is 3.49. The number of hydrogen-bond donors (Lipinski definition) is 0. The summed E-state index contributed by atoms with van der Waals surface area (Å²) in [6.07, 6.45) is 3.64. The Labute approximate surface area is 101 Å². The monoisotopic (exact) mass is 276 g/mol. The molecule has 0 amide bonds. The van der Waals surface area contributed by atoms with Crippen LogP contribution in [0.2, 0.25) is 0 Å². The van der Waals surface area contributed by atoms with Crippen LogP contribution >= 0.6 is 15.9 Å². The Kier molecular flexibility index (Phi) is 2.11. The molecule has 16 heavy (non-hydrogen) atoms. The predicted molar refractivity (Wildman–Crippen MR) is 65.3 cm³/mol. The minimum absolute atomic E-state index is 0.791. The van der Waals surface area contributed by atoms with Crippen molar-refractivity contribution in [1.29, 1.82) is 0 Å². The molecule has 3 heterocycles.